The number of benzene rings is 1. The summed E-state index contributed by atoms with van der Waals surface area (Å²) in [5, 5.41) is 10.7. The van der Waals surface area contributed by atoms with Crippen LogP contribution in [0.4, 0.5) is 0 Å². The molecule has 0 fully saturated rings. The molecule has 0 saturated carbocycles. The molecule has 2 rings (SSSR count). The normalized spacial score (nSPS) is 12.3. The van der Waals surface area contributed by atoms with Crippen LogP contribution in [-0.2, 0) is 11.3 Å². The molecule has 0 amide bonds. The summed E-state index contributed by atoms with van der Waals surface area (Å²) in [5.74, 6) is 0.804. The highest BCUT2D eigenvalue weighted by Gasteiger charge is 2.04. The highest BCUT2D eigenvalue weighted by atomic mass is 127. The zero-order valence-electron chi connectivity index (χ0n) is 14.9. The van der Waals surface area contributed by atoms with E-state index >= 15 is 0 Å². The number of ether oxygens (including phenoxy) is 1. The highest BCUT2D eigenvalue weighted by molar-refractivity contribution is 14.0. The summed E-state index contributed by atoms with van der Waals surface area (Å²) < 4.78 is 7.75. The van der Waals surface area contributed by atoms with Crippen LogP contribution in [0.15, 0.2) is 53.8 Å². The van der Waals surface area contributed by atoms with Crippen LogP contribution in [0, 0.1) is 0 Å². The van der Waals surface area contributed by atoms with E-state index in [1.165, 1.54) is 5.56 Å². The van der Waals surface area contributed by atoms with Crippen LogP contribution < -0.4 is 10.6 Å². The monoisotopic (exact) mass is 457 g/mol. The van der Waals surface area contributed by atoms with E-state index in [-0.39, 0.29) is 30.1 Å². The number of nitrogens with zero attached hydrogens (tertiary/aromatic N) is 3. The molecule has 1 unspecified atom stereocenters. The molecule has 25 heavy (non-hydrogen) atoms. The van der Waals surface area contributed by atoms with Gasteiger partial charge in [-0.15, -0.1) is 24.0 Å². The van der Waals surface area contributed by atoms with E-state index in [4.69, 9.17) is 4.74 Å². The lowest BCUT2D eigenvalue weighted by atomic mass is 10.1. The lowest BCUT2D eigenvalue weighted by molar-refractivity contribution is 0.0646. The molecule has 0 aliphatic carbocycles. The Morgan fingerprint density at radius 3 is 2.64 bits per heavy atom. The predicted molar refractivity (Wildman–Crippen MR) is 112 cm³/mol. The summed E-state index contributed by atoms with van der Waals surface area (Å²) in [4.78, 5) is 4.21. The van der Waals surface area contributed by atoms with Crippen LogP contribution in [-0.4, -0.2) is 42.5 Å². The fourth-order valence-electron chi connectivity index (χ4n) is 2.30. The minimum atomic E-state index is 0. The second kappa shape index (κ2) is 12.7. The SMILES string of the molecule is CN=C(NCCCOC(C)c1ccccc1)NCCn1cccn1.I. The van der Waals surface area contributed by atoms with Crippen LogP contribution >= 0.6 is 24.0 Å². The maximum atomic E-state index is 5.86. The van der Waals surface area contributed by atoms with Gasteiger partial charge in [-0.2, -0.15) is 5.10 Å². The van der Waals surface area contributed by atoms with Gasteiger partial charge in [-0.25, -0.2) is 0 Å². The molecule has 2 N–H and O–H groups in total. The molecule has 0 aliphatic rings. The smallest absolute Gasteiger partial charge is 0.191 e. The highest BCUT2D eigenvalue weighted by Crippen LogP contribution is 2.15. The molecule has 1 atom stereocenters. The molecule has 0 aliphatic heterocycles. The van der Waals surface area contributed by atoms with Gasteiger partial charge < -0.3 is 15.4 Å². The molecule has 0 saturated heterocycles. The van der Waals surface area contributed by atoms with Gasteiger partial charge in [0.1, 0.15) is 0 Å². The molecule has 7 heteroatoms. The summed E-state index contributed by atoms with van der Waals surface area (Å²) in [6.07, 6.45) is 4.78. The van der Waals surface area contributed by atoms with Crippen molar-refractivity contribution < 1.29 is 4.74 Å². The van der Waals surface area contributed by atoms with E-state index in [1.54, 1.807) is 13.2 Å². The molecule has 2 aromatic rings. The van der Waals surface area contributed by atoms with Crippen molar-refractivity contribution >= 4 is 29.9 Å². The van der Waals surface area contributed by atoms with Crippen LogP contribution in [0.3, 0.4) is 0 Å². The Labute approximate surface area is 167 Å². The van der Waals surface area contributed by atoms with Gasteiger partial charge in [0.05, 0.1) is 12.6 Å². The zero-order chi connectivity index (χ0) is 17.0. The van der Waals surface area contributed by atoms with Crippen molar-refractivity contribution in [2.24, 2.45) is 4.99 Å². The van der Waals surface area contributed by atoms with Crippen LogP contribution in [0.5, 0.6) is 0 Å². The van der Waals surface area contributed by atoms with Gasteiger partial charge in [-0.3, -0.25) is 9.67 Å². The first-order valence-corrected chi connectivity index (χ1v) is 8.38. The molecule has 0 spiro atoms. The van der Waals surface area contributed by atoms with Crippen LogP contribution in [0.25, 0.3) is 0 Å². The molecule has 1 aromatic heterocycles. The Kier molecular flexibility index (Phi) is 10.9. The Morgan fingerprint density at radius 1 is 1.20 bits per heavy atom. The quantitative estimate of drug-likeness (QED) is 0.263. The summed E-state index contributed by atoms with van der Waals surface area (Å²) in [7, 11) is 1.78. The topological polar surface area (TPSA) is 63.5 Å². The predicted octanol–water partition coefficient (Wildman–Crippen LogP) is 2.83. The summed E-state index contributed by atoms with van der Waals surface area (Å²) in [5.41, 5.74) is 1.21. The number of aromatic nitrogens is 2. The standard InChI is InChI=1S/C18H27N5O.HI/c1-16(17-8-4-3-5-9-17)24-15-7-10-20-18(19-2)21-12-14-23-13-6-11-22-23;/h3-6,8-9,11,13,16H,7,10,12,14-15H2,1-2H3,(H2,19,20,21);1H. The minimum absolute atomic E-state index is 0. The van der Waals surface area contributed by atoms with Gasteiger partial charge in [0, 0.05) is 39.1 Å². The number of hydrogen-bond donors (Lipinski definition) is 2. The molecule has 6 nitrogen and oxygen atoms in total. The minimum Gasteiger partial charge on any atom is -0.374 e. The molecular formula is C18H28IN5O. The van der Waals surface area contributed by atoms with Crippen LogP contribution in [0.1, 0.15) is 25.0 Å². The molecule has 1 aromatic carbocycles. The number of hydrogen-bond acceptors (Lipinski definition) is 3. The van der Waals surface area contributed by atoms with Gasteiger partial charge in [0.2, 0.25) is 0 Å². The van der Waals surface area contributed by atoms with E-state index in [1.807, 2.05) is 35.1 Å². The number of aliphatic imine (C=N–C) groups is 1. The summed E-state index contributed by atoms with van der Waals surface area (Å²) >= 11 is 0. The molecule has 0 radical (unpaired) electrons. The van der Waals surface area contributed by atoms with Crippen molar-refractivity contribution in [3.8, 4) is 0 Å². The van der Waals surface area contributed by atoms with E-state index < -0.39 is 0 Å². The van der Waals surface area contributed by atoms with Gasteiger partial charge in [0.15, 0.2) is 5.96 Å². The number of nitrogens with one attached hydrogen (secondary N) is 2. The third kappa shape index (κ3) is 8.35. The molecular weight excluding hydrogens is 429 g/mol. The number of rotatable bonds is 9. The van der Waals surface area contributed by atoms with Crippen molar-refractivity contribution in [1.82, 2.24) is 20.4 Å². The number of guanidine groups is 1. The Bertz CT molecular complexity index is 589. The van der Waals surface area contributed by atoms with E-state index in [2.05, 4.69) is 39.8 Å². The first kappa shape index (κ1) is 21.4. The van der Waals surface area contributed by atoms with Gasteiger partial charge in [0.25, 0.3) is 0 Å². The second-order valence-electron chi connectivity index (χ2n) is 5.47. The largest absolute Gasteiger partial charge is 0.374 e. The maximum Gasteiger partial charge on any atom is 0.191 e. The first-order chi connectivity index (χ1) is 11.8. The lowest BCUT2D eigenvalue weighted by Crippen LogP contribution is -2.39. The van der Waals surface area contributed by atoms with Crippen molar-refractivity contribution in [2.45, 2.75) is 26.0 Å². The third-order valence-corrected chi connectivity index (χ3v) is 3.67. The lowest BCUT2D eigenvalue weighted by Gasteiger charge is -2.15. The fourth-order valence-corrected chi connectivity index (χ4v) is 2.30. The van der Waals surface area contributed by atoms with Crippen molar-refractivity contribution in [2.75, 3.05) is 26.7 Å². The molecule has 0 bridgehead atoms. The first-order valence-electron chi connectivity index (χ1n) is 8.38. The summed E-state index contributed by atoms with van der Waals surface area (Å²) in [6, 6.07) is 12.2. The molecule has 138 valence electrons. The van der Waals surface area contributed by atoms with Gasteiger partial charge in [-0.1, -0.05) is 30.3 Å². The second-order valence-corrected chi connectivity index (χ2v) is 5.47. The number of halogens is 1. The summed E-state index contributed by atoms with van der Waals surface area (Å²) in [6.45, 7) is 5.21. The Balaban J connectivity index is 0.00000312. The van der Waals surface area contributed by atoms with Crippen LogP contribution in [0.2, 0.25) is 0 Å². The van der Waals surface area contributed by atoms with E-state index in [0.29, 0.717) is 6.61 Å². The van der Waals surface area contributed by atoms with Gasteiger partial charge in [-0.05, 0) is 25.0 Å². The van der Waals surface area contributed by atoms with Crippen molar-refractivity contribution in [3.63, 3.8) is 0 Å². The Morgan fingerprint density at radius 2 is 1.96 bits per heavy atom. The average molecular weight is 457 g/mol. The van der Waals surface area contributed by atoms with Crippen molar-refractivity contribution in [3.05, 3.63) is 54.4 Å². The van der Waals surface area contributed by atoms with Gasteiger partial charge >= 0.3 is 0 Å². The fraction of sp³-hybridized carbons (Fsp3) is 0.444. The average Bonchev–Trinajstić information content (AvgIpc) is 3.14. The third-order valence-electron chi connectivity index (χ3n) is 3.67. The maximum absolute atomic E-state index is 5.86. The van der Waals surface area contributed by atoms with E-state index in [0.717, 1.165) is 32.0 Å². The van der Waals surface area contributed by atoms with Crippen molar-refractivity contribution in [1.29, 1.82) is 0 Å². The molecule has 1 heterocycles. The zero-order valence-corrected chi connectivity index (χ0v) is 17.2. The van der Waals surface area contributed by atoms with E-state index in [9.17, 15) is 0 Å². The Hall–Kier alpha value is -1.61.